The molecule has 0 amide bonds. The topological polar surface area (TPSA) is 66.5 Å². The van der Waals surface area contributed by atoms with Crippen molar-refractivity contribution in [1.29, 1.82) is 0 Å². The van der Waals surface area contributed by atoms with E-state index in [0.29, 0.717) is 12.0 Å². The van der Waals surface area contributed by atoms with E-state index in [1.54, 1.807) is 26.0 Å². The Kier molecular flexibility index (Phi) is 2.71. The van der Waals surface area contributed by atoms with Gasteiger partial charge in [0.1, 0.15) is 6.29 Å². The van der Waals surface area contributed by atoms with Gasteiger partial charge in [-0.15, -0.1) is 0 Å². The SMILES string of the molecule is CC1(C)NS(=O)(=O)N(CC=O)c2ccccc21. The number of anilines is 1. The summed E-state index contributed by atoms with van der Waals surface area (Å²) in [7, 11) is -3.65. The highest BCUT2D eigenvalue weighted by atomic mass is 32.2. The van der Waals surface area contributed by atoms with Crippen LogP contribution in [0, 0.1) is 0 Å². The summed E-state index contributed by atoms with van der Waals surface area (Å²) in [6, 6.07) is 7.17. The molecule has 0 saturated heterocycles. The zero-order valence-corrected chi connectivity index (χ0v) is 10.5. The summed E-state index contributed by atoms with van der Waals surface area (Å²) in [5.74, 6) is 0. The molecular weight excluding hydrogens is 240 g/mol. The molecular formula is C11H14N2O3S. The maximum absolute atomic E-state index is 12.0. The zero-order valence-electron chi connectivity index (χ0n) is 9.67. The number of carbonyl (C=O) groups excluding carboxylic acids is 1. The first kappa shape index (κ1) is 12.1. The lowest BCUT2D eigenvalue weighted by atomic mass is 9.94. The molecule has 0 saturated carbocycles. The van der Waals surface area contributed by atoms with E-state index in [9.17, 15) is 13.2 Å². The van der Waals surface area contributed by atoms with Gasteiger partial charge in [-0.2, -0.15) is 13.1 Å². The molecule has 92 valence electrons. The highest BCUT2D eigenvalue weighted by Crippen LogP contribution is 2.36. The van der Waals surface area contributed by atoms with Crippen LogP contribution >= 0.6 is 0 Å². The van der Waals surface area contributed by atoms with E-state index in [1.807, 2.05) is 12.1 Å². The van der Waals surface area contributed by atoms with Crippen LogP contribution in [0.1, 0.15) is 19.4 Å². The monoisotopic (exact) mass is 254 g/mol. The molecule has 17 heavy (non-hydrogen) atoms. The molecule has 1 aromatic rings. The molecule has 1 aliphatic rings. The number of para-hydroxylation sites is 1. The molecule has 0 aromatic heterocycles. The number of hydrogen-bond acceptors (Lipinski definition) is 3. The van der Waals surface area contributed by atoms with Gasteiger partial charge in [-0.05, 0) is 25.5 Å². The van der Waals surface area contributed by atoms with Crippen molar-refractivity contribution in [3.8, 4) is 0 Å². The van der Waals surface area contributed by atoms with Crippen molar-refractivity contribution in [2.24, 2.45) is 0 Å². The van der Waals surface area contributed by atoms with Crippen LogP contribution in [0.5, 0.6) is 0 Å². The minimum Gasteiger partial charge on any atom is -0.301 e. The zero-order chi connectivity index (χ0) is 12.7. The highest BCUT2D eigenvalue weighted by molar-refractivity contribution is 7.91. The molecule has 1 N–H and O–H groups in total. The van der Waals surface area contributed by atoms with E-state index in [4.69, 9.17) is 0 Å². The summed E-state index contributed by atoms with van der Waals surface area (Å²) in [4.78, 5) is 10.6. The Morgan fingerprint density at radius 3 is 2.65 bits per heavy atom. The van der Waals surface area contributed by atoms with Gasteiger partial charge in [-0.1, -0.05) is 18.2 Å². The Morgan fingerprint density at radius 2 is 2.00 bits per heavy atom. The molecule has 1 aliphatic heterocycles. The first-order valence-corrected chi connectivity index (χ1v) is 6.67. The third kappa shape index (κ3) is 1.94. The van der Waals surface area contributed by atoms with Crippen LogP contribution in [-0.4, -0.2) is 21.2 Å². The molecule has 2 rings (SSSR count). The summed E-state index contributed by atoms with van der Waals surface area (Å²) in [6.07, 6.45) is 0.578. The lowest BCUT2D eigenvalue weighted by Gasteiger charge is -2.39. The van der Waals surface area contributed by atoms with E-state index in [-0.39, 0.29) is 6.54 Å². The number of aldehydes is 1. The number of carbonyl (C=O) groups is 1. The van der Waals surface area contributed by atoms with Crippen molar-refractivity contribution in [1.82, 2.24) is 4.72 Å². The quantitative estimate of drug-likeness (QED) is 0.793. The van der Waals surface area contributed by atoms with Crippen LogP contribution in [0.15, 0.2) is 24.3 Å². The third-order valence-corrected chi connectivity index (χ3v) is 4.46. The van der Waals surface area contributed by atoms with Crippen molar-refractivity contribution in [3.05, 3.63) is 29.8 Å². The van der Waals surface area contributed by atoms with E-state index < -0.39 is 15.7 Å². The third-order valence-electron chi connectivity index (χ3n) is 2.76. The molecule has 0 radical (unpaired) electrons. The number of nitrogens with one attached hydrogen (secondary N) is 1. The molecule has 5 nitrogen and oxygen atoms in total. The smallest absolute Gasteiger partial charge is 0.301 e. The van der Waals surface area contributed by atoms with Crippen LogP contribution in [0.25, 0.3) is 0 Å². The molecule has 1 heterocycles. The van der Waals surface area contributed by atoms with Crippen LogP contribution in [0.2, 0.25) is 0 Å². The predicted molar refractivity (Wildman–Crippen MR) is 64.9 cm³/mol. The number of fused-ring (bicyclic) bond motifs is 1. The van der Waals surface area contributed by atoms with Gasteiger partial charge < -0.3 is 4.79 Å². The first-order valence-electron chi connectivity index (χ1n) is 5.23. The summed E-state index contributed by atoms with van der Waals surface area (Å²) in [5, 5.41) is 0. The van der Waals surface area contributed by atoms with Gasteiger partial charge in [0.05, 0.1) is 17.8 Å². The van der Waals surface area contributed by atoms with Crippen molar-refractivity contribution < 1.29 is 13.2 Å². The van der Waals surface area contributed by atoms with E-state index >= 15 is 0 Å². The van der Waals surface area contributed by atoms with Gasteiger partial charge in [-0.25, -0.2) is 0 Å². The van der Waals surface area contributed by atoms with Gasteiger partial charge in [0.15, 0.2) is 0 Å². The maximum Gasteiger partial charge on any atom is 0.302 e. The minimum absolute atomic E-state index is 0.178. The molecule has 0 bridgehead atoms. The molecule has 0 aliphatic carbocycles. The molecule has 0 atom stereocenters. The Hall–Kier alpha value is -1.40. The lowest BCUT2D eigenvalue weighted by molar-refractivity contribution is -0.106. The Balaban J connectivity index is 2.66. The lowest BCUT2D eigenvalue weighted by Crippen LogP contribution is -2.54. The molecule has 0 spiro atoms. The van der Waals surface area contributed by atoms with Crippen molar-refractivity contribution in [3.63, 3.8) is 0 Å². The van der Waals surface area contributed by atoms with E-state index in [1.165, 1.54) is 0 Å². The highest BCUT2D eigenvalue weighted by Gasteiger charge is 2.39. The normalized spacial score (nSPS) is 20.7. The number of hydrogen-bond donors (Lipinski definition) is 1. The fourth-order valence-electron chi connectivity index (χ4n) is 2.05. The number of nitrogens with zero attached hydrogens (tertiary/aromatic N) is 1. The van der Waals surface area contributed by atoms with Crippen LogP contribution in [0.3, 0.4) is 0 Å². The second-order valence-corrected chi connectivity index (χ2v) is 6.04. The van der Waals surface area contributed by atoms with Gasteiger partial charge in [0, 0.05) is 0 Å². The summed E-state index contributed by atoms with van der Waals surface area (Å²) >= 11 is 0. The Bertz CT molecular complexity index is 552. The van der Waals surface area contributed by atoms with Crippen molar-refractivity contribution in [2.75, 3.05) is 10.8 Å². The Morgan fingerprint density at radius 1 is 1.35 bits per heavy atom. The van der Waals surface area contributed by atoms with Gasteiger partial charge in [0.2, 0.25) is 0 Å². The van der Waals surface area contributed by atoms with Gasteiger partial charge in [-0.3, -0.25) is 4.31 Å². The summed E-state index contributed by atoms with van der Waals surface area (Å²) < 4.78 is 27.7. The fraction of sp³-hybridized carbons (Fsp3) is 0.364. The largest absolute Gasteiger partial charge is 0.302 e. The molecule has 0 unspecified atom stereocenters. The second-order valence-electron chi connectivity index (χ2n) is 4.45. The van der Waals surface area contributed by atoms with Gasteiger partial charge in [0.25, 0.3) is 0 Å². The second kappa shape index (κ2) is 3.82. The van der Waals surface area contributed by atoms with Crippen LogP contribution < -0.4 is 9.03 Å². The first-order chi connectivity index (χ1) is 7.88. The average molecular weight is 254 g/mol. The predicted octanol–water partition coefficient (Wildman–Crippen LogP) is 0.775. The summed E-state index contributed by atoms with van der Waals surface area (Å²) in [6.45, 7) is 3.41. The van der Waals surface area contributed by atoms with E-state index in [2.05, 4.69) is 4.72 Å². The van der Waals surface area contributed by atoms with Crippen LogP contribution in [-0.2, 0) is 20.5 Å². The van der Waals surface area contributed by atoms with E-state index in [0.717, 1.165) is 9.87 Å². The standard InChI is InChI=1S/C11H14N2O3S/c1-11(2)9-5-3-4-6-10(9)13(7-8-14)17(15,16)12-11/h3-6,8,12H,7H2,1-2H3. The minimum atomic E-state index is -3.65. The molecule has 0 fully saturated rings. The van der Waals surface area contributed by atoms with Crippen molar-refractivity contribution >= 4 is 22.2 Å². The molecule has 1 aromatic carbocycles. The molecule has 6 heteroatoms. The van der Waals surface area contributed by atoms with Crippen molar-refractivity contribution in [2.45, 2.75) is 19.4 Å². The summed E-state index contributed by atoms with van der Waals surface area (Å²) in [5.41, 5.74) is 0.745. The number of benzene rings is 1. The maximum atomic E-state index is 12.0. The van der Waals surface area contributed by atoms with Crippen LogP contribution in [0.4, 0.5) is 5.69 Å². The average Bonchev–Trinajstić information content (AvgIpc) is 2.23. The Labute approximate surface area is 101 Å². The van der Waals surface area contributed by atoms with Gasteiger partial charge >= 0.3 is 10.2 Å². The fourth-order valence-corrected chi connectivity index (χ4v) is 3.59. The number of rotatable bonds is 2.